The van der Waals surface area contributed by atoms with E-state index in [-0.39, 0.29) is 12.1 Å². The fourth-order valence-corrected chi connectivity index (χ4v) is 1.24. The highest BCUT2D eigenvalue weighted by Gasteiger charge is 2.07. The second-order valence-corrected chi connectivity index (χ2v) is 3.96. The minimum atomic E-state index is -0.244. The number of hydrogen-bond acceptors (Lipinski definition) is 3. The van der Waals surface area contributed by atoms with Crippen molar-refractivity contribution in [3.63, 3.8) is 0 Å². The van der Waals surface area contributed by atoms with Gasteiger partial charge in [0.1, 0.15) is 6.10 Å². The summed E-state index contributed by atoms with van der Waals surface area (Å²) in [5.74, 6) is -0.244. The largest absolute Gasteiger partial charge is 0.342 e. The first kappa shape index (κ1) is 14.4. The Balaban J connectivity index is 3.36. The summed E-state index contributed by atoms with van der Waals surface area (Å²) in [4.78, 5) is 20.8. The Morgan fingerprint density at radius 3 is 2.40 bits per heavy atom. The van der Waals surface area contributed by atoms with Gasteiger partial charge >= 0.3 is 5.97 Å². The third-order valence-corrected chi connectivity index (χ3v) is 2.25. The van der Waals surface area contributed by atoms with Crippen LogP contribution in [-0.4, -0.2) is 12.1 Å². The first-order chi connectivity index (χ1) is 7.20. The van der Waals surface area contributed by atoms with Gasteiger partial charge in [0.05, 0.1) is 0 Å². The lowest BCUT2D eigenvalue weighted by Gasteiger charge is -2.10. The molecule has 0 aromatic rings. The Hall–Kier alpha value is -0.570. The van der Waals surface area contributed by atoms with Gasteiger partial charge in [-0.3, -0.25) is 4.89 Å². The molecule has 0 N–H and O–H groups in total. The number of unbranched alkanes of at least 4 members (excludes halogenated alkanes) is 3. The van der Waals surface area contributed by atoms with Gasteiger partial charge in [-0.2, -0.15) is 4.89 Å². The van der Waals surface area contributed by atoms with Crippen LogP contribution in [-0.2, 0) is 14.6 Å². The molecular formula is C12H24O3. The maximum absolute atomic E-state index is 11.1. The molecule has 0 spiro atoms. The molecule has 0 amide bonds. The first-order valence-electron chi connectivity index (χ1n) is 6.06. The molecule has 90 valence electrons. The molecule has 0 rings (SSSR count). The van der Waals surface area contributed by atoms with Gasteiger partial charge in [-0.25, -0.2) is 4.79 Å². The van der Waals surface area contributed by atoms with Crippen molar-refractivity contribution in [3.8, 4) is 0 Å². The average molecular weight is 216 g/mol. The van der Waals surface area contributed by atoms with E-state index in [1.807, 2.05) is 6.92 Å². The molecule has 0 saturated heterocycles. The van der Waals surface area contributed by atoms with E-state index in [2.05, 4.69) is 13.8 Å². The van der Waals surface area contributed by atoms with Crippen molar-refractivity contribution < 1.29 is 14.6 Å². The highest BCUT2D eigenvalue weighted by molar-refractivity contribution is 5.68. The molecule has 0 bridgehead atoms. The topological polar surface area (TPSA) is 35.5 Å². The minimum Gasteiger partial charge on any atom is -0.298 e. The van der Waals surface area contributed by atoms with Gasteiger partial charge in [0.25, 0.3) is 0 Å². The number of rotatable bonds is 9. The zero-order valence-electron chi connectivity index (χ0n) is 10.3. The molecule has 0 aromatic heterocycles. The van der Waals surface area contributed by atoms with Crippen molar-refractivity contribution >= 4 is 5.97 Å². The van der Waals surface area contributed by atoms with Crippen LogP contribution in [0.5, 0.6) is 0 Å². The Morgan fingerprint density at radius 2 is 1.80 bits per heavy atom. The number of hydrogen-bond donors (Lipinski definition) is 0. The lowest BCUT2D eigenvalue weighted by Crippen LogP contribution is -2.13. The van der Waals surface area contributed by atoms with Crippen molar-refractivity contribution in [1.29, 1.82) is 0 Å². The molecule has 0 saturated carbocycles. The second-order valence-electron chi connectivity index (χ2n) is 3.96. The maximum atomic E-state index is 11.1. The lowest BCUT2D eigenvalue weighted by molar-refractivity contribution is -0.295. The number of carbonyl (C=O) groups excluding carboxylic acids is 1. The van der Waals surface area contributed by atoms with Crippen LogP contribution in [0.2, 0.25) is 0 Å². The summed E-state index contributed by atoms with van der Waals surface area (Å²) in [5, 5.41) is 0. The van der Waals surface area contributed by atoms with Gasteiger partial charge in [-0.15, -0.1) is 0 Å². The van der Waals surface area contributed by atoms with E-state index in [9.17, 15) is 4.79 Å². The normalized spacial score (nSPS) is 12.5. The molecule has 0 aliphatic rings. The molecule has 0 fully saturated rings. The molecule has 0 aliphatic carbocycles. The van der Waals surface area contributed by atoms with Crippen LogP contribution in [0.15, 0.2) is 0 Å². The third-order valence-electron chi connectivity index (χ3n) is 2.25. The van der Waals surface area contributed by atoms with Crippen LogP contribution in [0.4, 0.5) is 0 Å². The molecule has 3 heteroatoms. The Bertz CT molecular complexity index is 157. The summed E-state index contributed by atoms with van der Waals surface area (Å²) in [5.41, 5.74) is 0. The van der Waals surface area contributed by atoms with Gasteiger partial charge in [0.2, 0.25) is 0 Å². The summed E-state index contributed by atoms with van der Waals surface area (Å²) in [6.07, 6.45) is 6.74. The average Bonchev–Trinajstić information content (AvgIpc) is 2.24. The Labute approximate surface area is 93.1 Å². The van der Waals surface area contributed by atoms with Gasteiger partial charge < -0.3 is 0 Å². The standard InChI is InChI=1S/C12H24O3/c1-4-6-8-10-12(13)15-14-11(3)9-7-5-2/h11H,4-10H2,1-3H3. The molecule has 3 nitrogen and oxygen atoms in total. The van der Waals surface area contributed by atoms with E-state index in [1.54, 1.807) is 0 Å². The van der Waals surface area contributed by atoms with Gasteiger partial charge in [-0.05, 0) is 19.8 Å². The smallest absolute Gasteiger partial charge is 0.298 e. The van der Waals surface area contributed by atoms with Crippen LogP contribution in [0.25, 0.3) is 0 Å². The molecule has 1 atom stereocenters. The van der Waals surface area contributed by atoms with Crippen LogP contribution in [0.1, 0.15) is 65.7 Å². The van der Waals surface area contributed by atoms with E-state index in [1.165, 1.54) is 0 Å². The van der Waals surface area contributed by atoms with Crippen molar-refractivity contribution in [1.82, 2.24) is 0 Å². The summed E-state index contributed by atoms with van der Waals surface area (Å²) in [7, 11) is 0. The molecule has 0 radical (unpaired) electrons. The van der Waals surface area contributed by atoms with E-state index in [0.717, 1.165) is 38.5 Å². The zero-order valence-corrected chi connectivity index (χ0v) is 10.3. The monoisotopic (exact) mass is 216 g/mol. The van der Waals surface area contributed by atoms with E-state index >= 15 is 0 Å². The minimum absolute atomic E-state index is 0.0140. The predicted octanol–water partition coefficient (Wildman–Crippen LogP) is 3.62. The molecule has 15 heavy (non-hydrogen) atoms. The van der Waals surface area contributed by atoms with Gasteiger partial charge in [0, 0.05) is 6.42 Å². The van der Waals surface area contributed by atoms with Crippen LogP contribution < -0.4 is 0 Å². The Morgan fingerprint density at radius 1 is 1.13 bits per heavy atom. The summed E-state index contributed by atoms with van der Waals surface area (Å²) >= 11 is 0. The van der Waals surface area contributed by atoms with Crippen molar-refractivity contribution in [3.05, 3.63) is 0 Å². The van der Waals surface area contributed by atoms with E-state index in [0.29, 0.717) is 6.42 Å². The van der Waals surface area contributed by atoms with Gasteiger partial charge in [-0.1, -0.05) is 39.5 Å². The molecule has 0 aromatic carbocycles. The van der Waals surface area contributed by atoms with E-state index < -0.39 is 0 Å². The zero-order chi connectivity index (χ0) is 11.5. The second kappa shape index (κ2) is 9.97. The highest BCUT2D eigenvalue weighted by Crippen LogP contribution is 2.06. The van der Waals surface area contributed by atoms with Crippen molar-refractivity contribution in [2.24, 2.45) is 0 Å². The quantitative estimate of drug-likeness (QED) is 0.335. The summed E-state index contributed by atoms with van der Waals surface area (Å²) < 4.78 is 0. The number of carbonyl (C=O) groups is 1. The molecular weight excluding hydrogens is 192 g/mol. The lowest BCUT2D eigenvalue weighted by atomic mass is 10.2. The van der Waals surface area contributed by atoms with Crippen LogP contribution in [0.3, 0.4) is 0 Å². The summed E-state index contributed by atoms with van der Waals surface area (Å²) in [6, 6.07) is 0. The fourth-order valence-electron chi connectivity index (χ4n) is 1.24. The SMILES string of the molecule is CCCCCC(=O)OOC(C)CCCC. The van der Waals surface area contributed by atoms with E-state index in [4.69, 9.17) is 9.78 Å². The van der Waals surface area contributed by atoms with Crippen molar-refractivity contribution in [2.45, 2.75) is 71.8 Å². The first-order valence-corrected chi connectivity index (χ1v) is 6.06. The summed E-state index contributed by atoms with van der Waals surface area (Å²) in [6.45, 7) is 6.16. The molecule has 0 aliphatic heterocycles. The Kier molecular flexibility index (Phi) is 9.59. The van der Waals surface area contributed by atoms with Crippen LogP contribution >= 0.6 is 0 Å². The predicted molar refractivity (Wildman–Crippen MR) is 60.3 cm³/mol. The van der Waals surface area contributed by atoms with Crippen molar-refractivity contribution in [2.75, 3.05) is 0 Å². The molecule has 1 unspecified atom stereocenters. The maximum Gasteiger partial charge on any atom is 0.342 e. The molecule has 0 heterocycles. The fraction of sp³-hybridized carbons (Fsp3) is 0.917. The van der Waals surface area contributed by atoms with Crippen LogP contribution in [0, 0.1) is 0 Å². The third kappa shape index (κ3) is 9.73. The van der Waals surface area contributed by atoms with Gasteiger partial charge in [0.15, 0.2) is 0 Å². The highest BCUT2D eigenvalue weighted by atomic mass is 17.2.